The molecule has 0 amide bonds. The van der Waals surface area contributed by atoms with E-state index in [0.29, 0.717) is 0 Å². The summed E-state index contributed by atoms with van der Waals surface area (Å²) in [6, 6.07) is 0. The Morgan fingerprint density at radius 3 is 2.25 bits per heavy atom. The van der Waals surface area contributed by atoms with Crippen molar-refractivity contribution in [1.82, 2.24) is 0 Å². The van der Waals surface area contributed by atoms with Crippen LogP contribution in [0.5, 0.6) is 0 Å². The van der Waals surface area contributed by atoms with E-state index in [0.717, 1.165) is 6.08 Å². The van der Waals surface area contributed by atoms with Crippen molar-refractivity contribution in [2.75, 3.05) is 0 Å². The molecule has 0 aliphatic carbocycles. The lowest BCUT2D eigenvalue weighted by Gasteiger charge is -1.84. The summed E-state index contributed by atoms with van der Waals surface area (Å²) in [7, 11) is 0. The summed E-state index contributed by atoms with van der Waals surface area (Å²) < 4.78 is 0.265. The standard InChI is InChI=1S/C4H4I2O2/c5-3(6)1-2-4(7)8/h1-3H,(H,7,8)/b2-1+. The van der Waals surface area contributed by atoms with Crippen molar-refractivity contribution in [3.05, 3.63) is 12.2 Å². The quantitative estimate of drug-likeness (QED) is 0.474. The molecule has 8 heavy (non-hydrogen) atoms. The number of carboxylic acids is 1. The Labute approximate surface area is 74.6 Å². The van der Waals surface area contributed by atoms with Crippen molar-refractivity contribution in [3.63, 3.8) is 0 Å². The molecule has 0 saturated carbocycles. The van der Waals surface area contributed by atoms with Crippen LogP contribution in [-0.4, -0.2) is 13.0 Å². The third-order valence-electron chi connectivity index (χ3n) is 0.384. The van der Waals surface area contributed by atoms with Gasteiger partial charge in [0, 0.05) is 6.08 Å². The minimum absolute atomic E-state index is 0.265. The largest absolute Gasteiger partial charge is 0.478 e. The second-order valence-corrected chi connectivity index (χ2v) is 6.10. The highest BCUT2D eigenvalue weighted by Crippen LogP contribution is 2.09. The third-order valence-corrected chi connectivity index (χ3v) is 1.21. The molecule has 46 valence electrons. The van der Waals surface area contributed by atoms with Crippen LogP contribution in [0, 0.1) is 0 Å². The molecule has 0 heterocycles. The highest BCUT2D eigenvalue weighted by molar-refractivity contribution is 14.2. The van der Waals surface area contributed by atoms with Crippen molar-refractivity contribution in [3.8, 4) is 0 Å². The van der Waals surface area contributed by atoms with E-state index in [4.69, 9.17) is 5.11 Å². The number of alkyl halides is 2. The van der Waals surface area contributed by atoms with Gasteiger partial charge in [-0.3, -0.25) is 0 Å². The average molecular weight is 338 g/mol. The zero-order valence-electron chi connectivity index (χ0n) is 3.84. The van der Waals surface area contributed by atoms with Crippen LogP contribution in [0.3, 0.4) is 0 Å². The maximum Gasteiger partial charge on any atom is 0.328 e. The number of carboxylic acid groups (broad SMARTS) is 1. The van der Waals surface area contributed by atoms with Gasteiger partial charge >= 0.3 is 5.97 Å². The molecule has 2 nitrogen and oxygen atoms in total. The van der Waals surface area contributed by atoms with E-state index < -0.39 is 5.97 Å². The minimum Gasteiger partial charge on any atom is -0.478 e. The summed E-state index contributed by atoms with van der Waals surface area (Å²) in [4.78, 5) is 9.81. The lowest BCUT2D eigenvalue weighted by molar-refractivity contribution is -0.131. The van der Waals surface area contributed by atoms with Gasteiger partial charge in [0.25, 0.3) is 0 Å². The van der Waals surface area contributed by atoms with Crippen LogP contribution in [0.15, 0.2) is 12.2 Å². The molecule has 4 heteroatoms. The van der Waals surface area contributed by atoms with Gasteiger partial charge in [-0.2, -0.15) is 0 Å². The Kier molecular flexibility index (Phi) is 4.92. The van der Waals surface area contributed by atoms with E-state index in [1.54, 1.807) is 6.08 Å². The van der Waals surface area contributed by atoms with Gasteiger partial charge < -0.3 is 5.11 Å². The predicted molar refractivity (Wildman–Crippen MR) is 48.6 cm³/mol. The van der Waals surface area contributed by atoms with Crippen LogP contribution in [0.1, 0.15) is 0 Å². The number of rotatable bonds is 2. The second kappa shape index (κ2) is 4.54. The predicted octanol–water partition coefficient (Wildman–Crippen LogP) is 1.82. The van der Waals surface area contributed by atoms with Gasteiger partial charge in [-0.1, -0.05) is 51.3 Å². The molecule has 0 aromatic carbocycles. The lowest BCUT2D eigenvalue weighted by atomic mass is 10.5. The molecular weight excluding hydrogens is 334 g/mol. The number of hydrogen-bond donors (Lipinski definition) is 1. The van der Waals surface area contributed by atoms with Crippen molar-refractivity contribution in [2.45, 2.75) is 1.93 Å². The highest BCUT2D eigenvalue weighted by atomic mass is 127. The summed E-state index contributed by atoms with van der Waals surface area (Å²) in [5.41, 5.74) is 0. The summed E-state index contributed by atoms with van der Waals surface area (Å²) in [6.45, 7) is 0. The van der Waals surface area contributed by atoms with Gasteiger partial charge in [-0.05, 0) is 0 Å². The molecule has 0 aromatic rings. The zero-order valence-corrected chi connectivity index (χ0v) is 8.16. The van der Waals surface area contributed by atoms with Crippen LogP contribution in [0.4, 0.5) is 0 Å². The number of hydrogen-bond acceptors (Lipinski definition) is 1. The molecule has 0 aliphatic rings. The van der Waals surface area contributed by atoms with Crippen molar-refractivity contribution >= 4 is 51.2 Å². The van der Waals surface area contributed by atoms with Crippen molar-refractivity contribution in [2.24, 2.45) is 0 Å². The van der Waals surface area contributed by atoms with Crippen LogP contribution >= 0.6 is 45.2 Å². The fourth-order valence-corrected chi connectivity index (χ4v) is 0.570. The van der Waals surface area contributed by atoms with E-state index in [1.165, 1.54) is 0 Å². The summed E-state index contributed by atoms with van der Waals surface area (Å²) in [5, 5.41) is 8.07. The highest BCUT2D eigenvalue weighted by Gasteiger charge is 1.89. The Bertz CT molecular complexity index is 109. The Morgan fingerprint density at radius 2 is 2.12 bits per heavy atom. The number of halogens is 2. The third kappa shape index (κ3) is 6.67. The molecule has 0 aliphatic heterocycles. The SMILES string of the molecule is O=C(O)/C=C/C(I)I. The fraction of sp³-hybridized carbons (Fsp3) is 0.250. The normalized spacial score (nSPS) is 10.9. The molecule has 0 unspecified atom stereocenters. The Hall–Kier alpha value is 0.670. The van der Waals surface area contributed by atoms with Crippen LogP contribution in [0.2, 0.25) is 0 Å². The van der Waals surface area contributed by atoms with Gasteiger partial charge in [0.2, 0.25) is 0 Å². The lowest BCUT2D eigenvalue weighted by Crippen LogP contribution is -1.87. The molecule has 0 atom stereocenters. The van der Waals surface area contributed by atoms with Crippen molar-refractivity contribution in [1.29, 1.82) is 0 Å². The van der Waals surface area contributed by atoms with Gasteiger partial charge in [0.1, 0.15) is 0 Å². The molecule has 0 bridgehead atoms. The first kappa shape index (κ1) is 8.67. The van der Waals surface area contributed by atoms with Crippen LogP contribution in [0.25, 0.3) is 0 Å². The monoisotopic (exact) mass is 338 g/mol. The van der Waals surface area contributed by atoms with Gasteiger partial charge in [0.05, 0.1) is 1.93 Å². The zero-order chi connectivity index (χ0) is 6.57. The minimum atomic E-state index is -0.886. The maximum absolute atomic E-state index is 9.81. The van der Waals surface area contributed by atoms with E-state index in [2.05, 4.69) is 45.2 Å². The maximum atomic E-state index is 9.81. The first-order valence-electron chi connectivity index (χ1n) is 1.82. The fourth-order valence-electron chi connectivity index (χ4n) is 0.155. The van der Waals surface area contributed by atoms with E-state index >= 15 is 0 Å². The molecular formula is C4H4I2O2. The molecule has 0 rings (SSSR count). The molecule has 1 N–H and O–H groups in total. The molecule has 0 aromatic heterocycles. The van der Waals surface area contributed by atoms with Gasteiger partial charge in [-0.15, -0.1) is 0 Å². The summed E-state index contributed by atoms with van der Waals surface area (Å²) >= 11 is 4.22. The summed E-state index contributed by atoms with van der Waals surface area (Å²) in [5.74, 6) is -0.886. The molecule has 0 spiro atoms. The number of carbonyl (C=O) groups is 1. The Balaban J connectivity index is 3.50. The average Bonchev–Trinajstić information content (AvgIpc) is 1.61. The van der Waals surface area contributed by atoms with E-state index in [-0.39, 0.29) is 1.93 Å². The molecule has 0 radical (unpaired) electrons. The first-order valence-corrected chi connectivity index (χ1v) is 4.31. The van der Waals surface area contributed by atoms with Crippen LogP contribution < -0.4 is 0 Å². The van der Waals surface area contributed by atoms with Crippen LogP contribution in [-0.2, 0) is 4.79 Å². The molecule has 0 saturated heterocycles. The molecule has 0 fully saturated rings. The summed E-state index contributed by atoms with van der Waals surface area (Å²) in [6.07, 6.45) is 2.76. The number of allylic oxidation sites excluding steroid dienone is 1. The second-order valence-electron chi connectivity index (χ2n) is 1.03. The van der Waals surface area contributed by atoms with E-state index in [9.17, 15) is 4.79 Å². The number of aliphatic carboxylic acids is 1. The van der Waals surface area contributed by atoms with E-state index in [1.807, 2.05) is 0 Å². The van der Waals surface area contributed by atoms with Gasteiger partial charge in [-0.25, -0.2) is 4.79 Å². The Morgan fingerprint density at radius 1 is 1.62 bits per heavy atom. The first-order chi connectivity index (χ1) is 3.63. The van der Waals surface area contributed by atoms with Gasteiger partial charge in [0.15, 0.2) is 0 Å². The van der Waals surface area contributed by atoms with Crippen molar-refractivity contribution < 1.29 is 9.90 Å². The topological polar surface area (TPSA) is 37.3 Å². The smallest absolute Gasteiger partial charge is 0.328 e.